The highest BCUT2D eigenvalue weighted by Crippen LogP contribution is 2.24. The van der Waals surface area contributed by atoms with Gasteiger partial charge in [0.1, 0.15) is 5.75 Å². The predicted octanol–water partition coefficient (Wildman–Crippen LogP) is 1.01. The van der Waals surface area contributed by atoms with Gasteiger partial charge in [-0.05, 0) is 44.0 Å². The van der Waals surface area contributed by atoms with Crippen molar-refractivity contribution in [3.8, 4) is 5.75 Å². The van der Waals surface area contributed by atoms with E-state index in [9.17, 15) is 14.7 Å². The molecule has 7 heteroatoms. The molecule has 150 valence electrons. The molecule has 1 unspecified atom stereocenters. The molecule has 1 fully saturated rings. The van der Waals surface area contributed by atoms with Gasteiger partial charge >= 0.3 is 0 Å². The molecule has 0 bridgehead atoms. The number of nitrogens with one attached hydrogen (secondary N) is 1. The molecule has 0 aromatic heterocycles. The molecule has 1 aliphatic heterocycles. The fourth-order valence-electron chi connectivity index (χ4n) is 3.50. The summed E-state index contributed by atoms with van der Waals surface area (Å²) >= 11 is 0. The van der Waals surface area contributed by atoms with Crippen LogP contribution in [-0.4, -0.2) is 72.7 Å². The number of rotatable bonds is 7. The molecule has 1 aromatic rings. The Kier molecular flexibility index (Phi) is 7.62. The Bertz CT molecular complexity index is 635. The summed E-state index contributed by atoms with van der Waals surface area (Å²) in [5.41, 5.74) is 0.340. The Hall–Kier alpha value is -2.12. The molecule has 0 aliphatic carbocycles. The van der Waals surface area contributed by atoms with Crippen molar-refractivity contribution in [2.45, 2.75) is 38.3 Å². The van der Waals surface area contributed by atoms with E-state index in [4.69, 9.17) is 4.74 Å². The Morgan fingerprint density at radius 1 is 1.26 bits per heavy atom. The second-order valence-corrected chi connectivity index (χ2v) is 7.39. The highest BCUT2D eigenvalue weighted by atomic mass is 16.5. The first-order valence-corrected chi connectivity index (χ1v) is 9.37. The zero-order chi connectivity index (χ0) is 19.9. The third-order valence-electron chi connectivity index (χ3n) is 4.93. The van der Waals surface area contributed by atoms with Gasteiger partial charge < -0.3 is 20.1 Å². The molecule has 1 atom stereocenters. The molecule has 0 radical (unpaired) electrons. The normalized spacial score (nSPS) is 20.3. The molecule has 2 amide bonds. The zero-order valence-electron chi connectivity index (χ0n) is 16.5. The van der Waals surface area contributed by atoms with Crippen molar-refractivity contribution in [3.05, 3.63) is 29.8 Å². The molecule has 27 heavy (non-hydrogen) atoms. The minimum atomic E-state index is -0.815. The Balaban J connectivity index is 1.86. The van der Waals surface area contributed by atoms with Crippen LogP contribution in [0.25, 0.3) is 0 Å². The second-order valence-electron chi connectivity index (χ2n) is 7.39. The maximum atomic E-state index is 12.2. The third kappa shape index (κ3) is 6.84. The van der Waals surface area contributed by atoms with Crippen LogP contribution in [0.1, 0.15) is 31.7 Å². The van der Waals surface area contributed by atoms with E-state index in [1.54, 1.807) is 12.0 Å². The number of amides is 2. The average Bonchev–Trinajstić information content (AvgIpc) is 2.82. The first kappa shape index (κ1) is 21.2. The summed E-state index contributed by atoms with van der Waals surface area (Å²) in [5, 5.41) is 13.6. The Morgan fingerprint density at radius 3 is 2.59 bits per heavy atom. The van der Waals surface area contributed by atoms with Gasteiger partial charge in [-0.3, -0.25) is 14.5 Å². The van der Waals surface area contributed by atoms with Crippen LogP contribution in [0, 0.1) is 0 Å². The summed E-state index contributed by atoms with van der Waals surface area (Å²) in [5.74, 6) is 0.517. The standard InChI is InChI=1S/C20H31N3O4/c1-16(24)21-13-19(25)23-11-4-9-20(26,10-12-23)15-22(2)14-17-5-7-18(27-3)8-6-17/h5-8,26H,4,9-15H2,1-3H3,(H,21,24). The maximum Gasteiger partial charge on any atom is 0.241 e. The van der Waals surface area contributed by atoms with Crippen LogP contribution < -0.4 is 10.1 Å². The second kappa shape index (κ2) is 9.71. The summed E-state index contributed by atoms with van der Waals surface area (Å²) in [6, 6.07) is 7.91. The van der Waals surface area contributed by atoms with Crippen molar-refractivity contribution in [1.29, 1.82) is 0 Å². The van der Waals surface area contributed by atoms with E-state index in [2.05, 4.69) is 10.2 Å². The smallest absolute Gasteiger partial charge is 0.241 e. The fraction of sp³-hybridized carbons (Fsp3) is 0.600. The summed E-state index contributed by atoms with van der Waals surface area (Å²) in [6.45, 7) is 3.82. The van der Waals surface area contributed by atoms with Crippen molar-refractivity contribution >= 4 is 11.8 Å². The lowest BCUT2D eigenvalue weighted by molar-refractivity contribution is -0.132. The number of carbonyl (C=O) groups excluding carboxylic acids is 2. The minimum Gasteiger partial charge on any atom is -0.497 e. The zero-order valence-corrected chi connectivity index (χ0v) is 16.5. The van der Waals surface area contributed by atoms with Crippen LogP contribution >= 0.6 is 0 Å². The Morgan fingerprint density at radius 2 is 1.96 bits per heavy atom. The number of hydrogen-bond acceptors (Lipinski definition) is 5. The number of likely N-dealkylation sites (N-methyl/N-ethyl adjacent to an activating group) is 1. The quantitative estimate of drug-likeness (QED) is 0.741. The minimum absolute atomic E-state index is 0.0190. The van der Waals surface area contributed by atoms with Gasteiger partial charge in [0.05, 0.1) is 19.3 Å². The molecule has 0 spiro atoms. The van der Waals surface area contributed by atoms with E-state index < -0.39 is 5.60 Å². The molecular weight excluding hydrogens is 346 g/mol. The predicted molar refractivity (Wildman–Crippen MR) is 103 cm³/mol. The molecular formula is C20H31N3O4. The summed E-state index contributed by atoms with van der Waals surface area (Å²) in [6.07, 6.45) is 1.94. The van der Waals surface area contributed by atoms with E-state index in [0.717, 1.165) is 24.3 Å². The van der Waals surface area contributed by atoms with Crippen molar-refractivity contribution in [1.82, 2.24) is 15.1 Å². The lowest BCUT2D eigenvalue weighted by Crippen LogP contribution is -2.43. The lowest BCUT2D eigenvalue weighted by atomic mass is 9.94. The average molecular weight is 377 g/mol. The third-order valence-corrected chi connectivity index (χ3v) is 4.93. The van der Waals surface area contributed by atoms with E-state index in [-0.39, 0.29) is 18.4 Å². The van der Waals surface area contributed by atoms with Crippen molar-refractivity contribution in [3.63, 3.8) is 0 Å². The van der Waals surface area contributed by atoms with Crippen LogP contribution in [0.15, 0.2) is 24.3 Å². The number of benzene rings is 1. The summed E-state index contributed by atoms with van der Waals surface area (Å²) < 4.78 is 5.18. The number of methoxy groups -OCH3 is 1. The van der Waals surface area contributed by atoms with Crippen molar-refractivity contribution in [2.75, 3.05) is 40.3 Å². The van der Waals surface area contributed by atoms with Crippen LogP contribution in [0.4, 0.5) is 0 Å². The van der Waals surface area contributed by atoms with E-state index in [1.165, 1.54) is 6.92 Å². The van der Waals surface area contributed by atoms with Crippen molar-refractivity contribution in [2.24, 2.45) is 0 Å². The highest BCUT2D eigenvalue weighted by molar-refractivity contribution is 5.83. The largest absolute Gasteiger partial charge is 0.497 e. The molecule has 7 nitrogen and oxygen atoms in total. The first-order valence-electron chi connectivity index (χ1n) is 9.37. The molecule has 1 heterocycles. The van der Waals surface area contributed by atoms with Gasteiger partial charge in [0.2, 0.25) is 11.8 Å². The van der Waals surface area contributed by atoms with Crippen molar-refractivity contribution < 1.29 is 19.4 Å². The molecule has 1 aromatic carbocycles. The van der Waals surface area contributed by atoms with E-state index >= 15 is 0 Å². The topological polar surface area (TPSA) is 82.1 Å². The van der Waals surface area contributed by atoms with Gasteiger partial charge in [-0.25, -0.2) is 0 Å². The fourth-order valence-corrected chi connectivity index (χ4v) is 3.50. The van der Waals surface area contributed by atoms with Gasteiger partial charge in [-0.1, -0.05) is 12.1 Å². The van der Waals surface area contributed by atoms with Gasteiger partial charge in [-0.2, -0.15) is 0 Å². The van der Waals surface area contributed by atoms with Gasteiger partial charge in [-0.15, -0.1) is 0 Å². The lowest BCUT2D eigenvalue weighted by Gasteiger charge is -2.32. The molecule has 1 saturated heterocycles. The van der Waals surface area contributed by atoms with Crippen LogP contribution in [0.3, 0.4) is 0 Å². The number of likely N-dealkylation sites (tertiary alicyclic amines) is 1. The number of hydrogen-bond donors (Lipinski definition) is 2. The van der Waals surface area contributed by atoms with E-state index in [0.29, 0.717) is 32.5 Å². The van der Waals surface area contributed by atoms with Crippen LogP contribution in [0.2, 0.25) is 0 Å². The molecule has 2 N–H and O–H groups in total. The molecule has 0 saturated carbocycles. The number of carbonyl (C=O) groups is 2. The maximum absolute atomic E-state index is 12.2. The SMILES string of the molecule is COc1ccc(CN(C)CC2(O)CCCN(C(=O)CNC(C)=O)CC2)cc1. The Labute approximate surface area is 161 Å². The van der Waals surface area contributed by atoms with Gasteiger partial charge in [0.15, 0.2) is 0 Å². The summed E-state index contributed by atoms with van der Waals surface area (Å²) in [7, 11) is 3.64. The van der Waals surface area contributed by atoms with E-state index in [1.807, 2.05) is 31.3 Å². The first-order chi connectivity index (χ1) is 12.8. The number of aliphatic hydroxyl groups is 1. The van der Waals surface area contributed by atoms with Crippen LogP contribution in [-0.2, 0) is 16.1 Å². The van der Waals surface area contributed by atoms with Gasteiger partial charge in [0, 0.05) is 33.1 Å². The molecule has 2 rings (SSSR count). The number of ether oxygens (including phenoxy) is 1. The summed E-state index contributed by atoms with van der Waals surface area (Å²) in [4.78, 5) is 27.0. The monoisotopic (exact) mass is 377 g/mol. The molecule has 1 aliphatic rings. The number of nitrogens with zero attached hydrogens (tertiary/aromatic N) is 2. The highest BCUT2D eigenvalue weighted by Gasteiger charge is 2.32. The van der Waals surface area contributed by atoms with Crippen LogP contribution in [0.5, 0.6) is 5.75 Å². The van der Waals surface area contributed by atoms with Gasteiger partial charge in [0.25, 0.3) is 0 Å².